The van der Waals surface area contributed by atoms with Crippen LogP contribution >= 0.6 is 0 Å². The summed E-state index contributed by atoms with van der Waals surface area (Å²) in [7, 11) is 1.81. The van der Waals surface area contributed by atoms with Crippen LogP contribution in [0.5, 0.6) is 0 Å². The van der Waals surface area contributed by atoms with E-state index < -0.39 is 0 Å². The molecule has 0 spiro atoms. The molecular weight excluding hydrogens is 368 g/mol. The van der Waals surface area contributed by atoms with Crippen LogP contribution in [-0.2, 0) is 16.0 Å². The molecule has 2 heterocycles. The number of hydrogen-bond acceptors (Lipinski definition) is 4. The molecule has 29 heavy (non-hydrogen) atoms. The summed E-state index contributed by atoms with van der Waals surface area (Å²) < 4.78 is 11.7. The third-order valence-corrected chi connectivity index (χ3v) is 5.64. The third-order valence-electron chi connectivity index (χ3n) is 5.64. The van der Waals surface area contributed by atoms with Crippen molar-refractivity contribution in [3.05, 3.63) is 35.4 Å². The first-order valence-corrected chi connectivity index (χ1v) is 10.7. The summed E-state index contributed by atoms with van der Waals surface area (Å²) in [5.74, 6) is 0.845. The van der Waals surface area contributed by atoms with E-state index >= 15 is 0 Å². The molecule has 2 aliphatic rings. The molecule has 2 N–H and O–H groups in total. The lowest BCUT2D eigenvalue weighted by Gasteiger charge is -2.37. The molecule has 0 bridgehead atoms. The van der Waals surface area contributed by atoms with E-state index in [2.05, 4.69) is 27.4 Å². The van der Waals surface area contributed by atoms with Crippen LogP contribution < -0.4 is 10.6 Å². The number of benzene rings is 1. The lowest BCUT2D eigenvalue weighted by Crippen LogP contribution is -2.53. The topological polar surface area (TPSA) is 75.2 Å². The van der Waals surface area contributed by atoms with Gasteiger partial charge in [0.25, 0.3) is 5.91 Å². The van der Waals surface area contributed by atoms with Gasteiger partial charge < -0.3 is 25.0 Å². The smallest absolute Gasteiger partial charge is 0.251 e. The maximum atomic E-state index is 12.2. The van der Waals surface area contributed by atoms with Gasteiger partial charge in [-0.3, -0.25) is 9.79 Å². The monoisotopic (exact) mass is 402 g/mol. The molecule has 0 aliphatic carbocycles. The average molecular weight is 403 g/mol. The van der Waals surface area contributed by atoms with Gasteiger partial charge in [-0.2, -0.15) is 0 Å². The van der Waals surface area contributed by atoms with E-state index in [4.69, 9.17) is 9.47 Å². The van der Waals surface area contributed by atoms with Crippen molar-refractivity contribution >= 4 is 11.9 Å². The summed E-state index contributed by atoms with van der Waals surface area (Å²) in [5, 5.41) is 6.43. The highest BCUT2D eigenvalue weighted by molar-refractivity contribution is 5.94. The zero-order valence-electron chi connectivity index (χ0n) is 17.8. The minimum absolute atomic E-state index is 0.0249. The standard InChI is InChI=1S/C22H34N4O3/c1-4-16(2)25-21(27)18-9-7-17(8-10-18)14-24-22(23-3)26-11-13-29-20(15-26)19-6-5-12-28-19/h7-10,16,19-20H,4-6,11-15H2,1-3H3,(H,23,24)(H,25,27). The quantitative estimate of drug-likeness (QED) is 0.563. The van der Waals surface area contributed by atoms with Gasteiger partial charge in [-0.15, -0.1) is 0 Å². The zero-order chi connectivity index (χ0) is 20.6. The molecule has 2 saturated heterocycles. The number of aliphatic imine (C=N–C) groups is 1. The van der Waals surface area contributed by atoms with E-state index in [0.717, 1.165) is 50.5 Å². The lowest BCUT2D eigenvalue weighted by molar-refractivity contribution is -0.0817. The van der Waals surface area contributed by atoms with Crippen molar-refractivity contribution in [3.63, 3.8) is 0 Å². The Kier molecular flexibility index (Phi) is 7.89. The predicted octanol–water partition coefficient (Wildman–Crippen LogP) is 2.17. The summed E-state index contributed by atoms with van der Waals surface area (Å²) in [6.07, 6.45) is 3.41. The van der Waals surface area contributed by atoms with E-state index in [1.54, 1.807) is 7.05 Å². The van der Waals surface area contributed by atoms with Crippen LogP contribution in [0.4, 0.5) is 0 Å². The molecule has 2 fully saturated rings. The van der Waals surface area contributed by atoms with Gasteiger partial charge in [0.15, 0.2) is 5.96 Å². The first-order chi connectivity index (χ1) is 14.1. The van der Waals surface area contributed by atoms with Gasteiger partial charge in [0.2, 0.25) is 0 Å². The minimum Gasteiger partial charge on any atom is -0.375 e. The molecule has 0 radical (unpaired) electrons. The van der Waals surface area contributed by atoms with E-state index in [1.165, 1.54) is 0 Å². The van der Waals surface area contributed by atoms with E-state index in [-0.39, 0.29) is 24.2 Å². The predicted molar refractivity (Wildman–Crippen MR) is 114 cm³/mol. The van der Waals surface area contributed by atoms with E-state index in [1.807, 2.05) is 31.2 Å². The number of morpholine rings is 1. The summed E-state index contributed by atoms with van der Waals surface area (Å²) in [4.78, 5) is 18.9. The summed E-state index contributed by atoms with van der Waals surface area (Å²) in [6, 6.07) is 7.90. The molecule has 3 atom stereocenters. The van der Waals surface area contributed by atoms with Gasteiger partial charge in [-0.25, -0.2) is 0 Å². The molecule has 0 aromatic heterocycles. The Morgan fingerprint density at radius 2 is 2.00 bits per heavy atom. The van der Waals surface area contributed by atoms with Crippen LogP contribution in [-0.4, -0.2) is 68.4 Å². The van der Waals surface area contributed by atoms with Gasteiger partial charge in [-0.05, 0) is 43.9 Å². The number of nitrogens with one attached hydrogen (secondary N) is 2. The maximum Gasteiger partial charge on any atom is 0.251 e. The van der Waals surface area contributed by atoms with Crippen LogP contribution in [0.1, 0.15) is 49.0 Å². The third kappa shape index (κ3) is 5.93. The Bertz CT molecular complexity index is 686. The Morgan fingerprint density at radius 1 is 1.24 bits per heavy atom. The van der Waals surface area contributed by atoms with Gasteiger partial charge >= 0.3 is 0 Å². The van der Waals surface area contributed by atoms with E-state index in [9.17, 15) is 4.79 Å². The Balaban J connectivity index is 1.52. The molecule has 3 unspecified atom stereocenters. The highest BCUT2D eigenvalue weighted by Crippen LogP contribution is 2.21. The normalized spacial score (nSPS) is 23.7. The number of hydrogen-bond donors (Lipinski definition) is 2. The van der Waals surface area contributed by atoms with Crippen molar-refractivity contribution in [2.45, 2.75) is 57.9 Å². The van der Waals surface area contributed by atoms with Crippen LogP contribution in [0.15, 0.2) is 29.3 Å². The number of nitrogens with zero attached hydrogens (tertiary/aromatic N) is 2. The lowest BCUT2D eigenvalue weighted by atomic mass is 10.1. The summed E-state index contributed by atoms with van der Waals surface area (Å²) in [5.41, 5.74) is 1.79. The first-order valence-electron chi connectivity index (χ1n) is 10.7. The zero-order valence-corrected chi connectivity index (χ0v) is 17.8. The van der Waals surface area contributed by atoms with Crippen molar-refractivity contribution in [2.24, 2.45) is 4.99 Å². The molecular formula is C22H34N4O3. The number of amides is 1. The van der Waals surface area contributed by atoms with E-state index in [0.29, 0.717) is 18.7 Å². The number of rotatable bonds is 6. The van der Waals surface area contributed by atoms with Crippen LogP contribution in [0.2, 0.25) is 0 Å². The second-order valence-electron chi connectivity index (χ2n) is 7.79. The fourth-order valence-electron chi connectivity index (χ4n) is 3.69. The van der Waals surface area contributed by atoms with Crippen molar-refractivity contribution in [1.29, 1.82) is 0 Å². The highest BCUT2D eigenvalue weighted by Gasteiger charge is 2.32. The molecule has 1 aromatic rings. The molecule has 1 aromatic carbocycles. The summed E-state index contributed by atoms with van der Waals surface area (Å²) in [6.45, 7) is 7.85. The minimum atomic E-state index is -0.0249. The first kappa shape index (κ1) is 21.6. The molecule has 3 rings (SSSR count). The van der Waals surface area contributed by atoms with Gasteiger partial charge in [0.05, 0.1) is 12.7 Å². The number of ether oxygens (including phenoxy) is 2. The molecule has 7 heteroatoms. The molecule has 0 saturated carbocycles. The SMILES string of the molecule is CCC(C)NC(=O)c1ccc(CNC(=NC)N2CCOC(C3CCCO3)C2)cc1. The Labute approximate surface area is 173 Å². The van der Waals surface area contributed by atoms with Gasteiger partial charge in [-0.1, -0.05) is 19.1 Å². The van der Waals surface area contributed by atoms with Crippen molar-refractivity contribution in [3.8, 4) is 0 Å². The maximum absolute atomic E-state index is 12.2. The van der Waals surface area contributed by atoms with Gasteiger partial charge in [0, 0.05) is 44.9 Å². The second kappa shape index (κ2) is 10.6. The number of carbonyl (C=O) groups excluding carboxylic acids is 1. The number of carbonyl (C=O) groups is 1. The average Bonchev–Trinajstić information content (AvgIpc) is 3.30. The van der Waals surface area contributed by atoms with Crippen molar-refractivity contribution < 1.29 is 14.3 Å². The molecule has 7 nitrogen and oxygen atoms in total. The molecule has 1 amide bonds. The van der Waals surface area contributed by atoms with Crippen molar-refractivity contribution in [1.82, 2.24) is 15.5 Å². The van der Waals surface area contributed by atoms with Crippen LogP contribution in [0.3, 0.4) is 0 Å². The molecule has 160 valence electrons. The molecule has 2 aliphatic heterocycles. The Morgan fingerprint density at radius 3 is 2.66 bits per heavy atom. The van der Waals surface area contributed by atoms with Crippen molar-refractivity contribution in [2.75, 3.05) is 33.4 Å². The summed E-state index contributed by atoms with van der Waals surface area (Å²) >= 11 is 0. The van der Waals surface area contributed by atoms with Crippen LogP contribution in [0.25, 0.3) is 0 Å². The Hall–Kier alpha value is -2.12. The number of guanidine groups is 1. The van der Waals surface area contributed by atoms with Crippen LogP contribution in [0, 0.1) is 0 Å². The highest BCUT2D eigenvalue weighted by atomic mass is 16.5. The fourth-order valence-corrected chi connectivity index (χ4v) is 3.69. The largest absolute Gasteiger partial charge is 0.375 e. The fraction of sp³-hybridized carbons (Fsp3) is 0.636. The van der Waals surface area contributed by atoms with Gasteiger partial charge in [0.1, 0.15) is 6.10 Å². The second-order valence-corrected chi connectivity index (χ2v) is 7.79.